The van der Waals surface area contributed by atoms with Crippen LogP contribution in [0.4, 0.5) is 0 Å². The molecule has 4 nitrogen and oxygen atoms in total. The van der Waals surface area contributed by atoms with E-state index >= 15 is 0 Å². The van der Waals surface area contributed by atoms with E-state index in [9.17, 15) is 9.59 Å². The fraction of sp³-hybridized carbons (Fsp3) is 0.200. The van der Waals surface area contributed by atoms with E-state index in [2.05, 4.69) is 9.97 Å². The smallest absolute Gasteiger partial charge is 0.186 e. The van der Waals surface area contributed by atoms with Gasteiger partial charge in [-0.3, -0.25) is 19.6 Å². The summed E-state index contributed by atoms with van der Waals surface area (Å²) < 4.78 is 0. The maximum absolute atomic E-state index is 11.5. The largest absolute Gasteiger partial charge is 0.293 e. The number of fused-ring (bicyclic) bond motifs is 1. The first kappa shape index (κ1) is 18.8. The number of Topliss-reactive ketones (excluding diaryl/α,β-unsaturated/α-hetero) is 1. The van der Waals surface area contributed by atoms with Gasteiger partial charge in [0.1, 0.15) is 0 Å². The molecule has 0 bridgehead atoms. The maximum Gasteiger partial charge on any atom is 0.186 e. The zero-order chi connectivity index (χ0) is 18.2. The minimum Gasteiger partial charge on any atom is -0.293 e. The molecule has 130 valence electrons. The summed E-state index contributed by atoms with van der Waals surface area (Å²) in [7, 11) is 0. The molecule has 0 radical (unpaired) electrons. The fourth-order valence-corrected chi connectivity index (χ4v) is 2.56. The minimum absolute atomic E-state index is 0. The Morgan fingerprint density at radius 1 is 0.920 bits per heavy atom. The Morgan fingerprint density at radius 3 is 2.16 bits per heavy atom. The van der Waals surface area contributed by atoms with Crippen molar-refractivity contribution in [2.24, 2.45) is 0 Å². The fourth-order valence-electron chi connectivity index (χ4n) is 2.06. The average Bonchev–Trinajstić information content (AvgIpc) is 2.60. The highest BCUT2D eigenvalue weighted by Crippen LogP contribution is 2.10. The zero-order valence-corrected chi connectivity index (χ0v) is 15.3. The number of rotatable bonds is 3. The number of benzene rings is 2. The molecular weight excluding hydrogens is 332 g/mol. The highest BCUT2D eigenvalue weighted by molar-refractivity contribution is 8.14. The van der Waals surface area contributed by atoms with E-state index in [1.165, 1.54) is 12.5 Å². The van der Waals surface area contributed by atoms with Gasteiger partial charge in [0.2, 0.25) is 0 Å². The van der Waals surface area contributed by atoms with Gasteiger partial charge in [0.05, 0.1) is 16.8 Å². The van der Waals surface area contributed by atoms with Gasteiger partial charge >= 0.3 is 0 Å². The summed E-state index contributed by atoms with van der Waals surface area (Å²) in [6.45, 7) is 5.49. The molecule has 3 aromatic rings. The van der Waals surface area contributed by atoms with Crippen LogP contribution in [0.15, 0.2) is 54.9 Å². The van der Waals surface area contributed by atoms with E-state index < -0.39 is 0 Å². The lowest BCUT2D eigenvalue weighted by Gasteiger charge is -1.99. The lowest BCUT2D eigenvalue weighted by atomic mass is 10.1. The first-order valence-corrected chi connectivity index (χ1v) is 8.85. The molecule has 5 heteroatoms. The third-order valence-corrected chi connectivity index (χ3v) is 4.22. The first-order chi connectivity index (χ1) is 12.0. The Kier molecular flexibility index (Phi) is 6.83. The number of aromatic nitrogens is 2. The number of carbonyl (C=O) groups excluding carboxylic acids is 2. The average molecular weight is 354 g/mol. The van der Waals surface area contributed by atoms with Crippen molar-refractivity contribution in [1.82, 2.24) is 9.97 Å². The molecule has 0 amide bonds. The van der Waals surface area contributed by atoms with Crippen LogP contribution in [-0.2, 0) is 4.79 Å². The summed E-state index contributed by atoms with van der Waals surface area (Å²) in [6.07, 6.45) is 3.42. The number of thioether (sulfide) groups is 1. The van der Waals surface area contributed by atoms with Crippen LogP contribution in [0.2, 0.25) is 0 Å². The topological polar surface area (TPSA) is 59.9 Å². The van der Waals surface area contributed by atoms with Gasteiger partial charge in [0.15, 0.2) is 10.9 Å². The van der Waals surface area contributed by atoms with Gasteiger partial charge in [0.25, 0.3) is 0 Å². The predicted molar refractivity (Wildman–Crippen MR) is 105 cm³/mol. The van der Waals surface area contributed by atoms with Crippen molar-refractivity contribution in [3.05, 3.63) is 71.5 Å². The normalized spacial score (nSPS) is 10.0. The third kappa shape index (κ3) is 6.12. The summed E-state index contributed by atoms with van der Waals surface area (Å²) in [5.74, 6) is 0.239. The molecule has 0 aliphatic carbocycles. The standard InChI is InChI=1S/C11H12O2S.C9H8N2.H2/c1-8-3-5-10(6-4-8)11(13)7-14-9(2)12;1-7-2-3-8-9(6-7)11-5-4-10-8;/h3-6H,7H2,1-2H3;2-6H,1H3;1H. The van der Waals surface area contributed by atoms with Crippen LogP contribution in [0.1, 0.15) is 29.8 Å². The van der Waals surface area contributed by atoms with Crippen molar-refractivity contribution in [3.8, 4) is 0 Å². The number of nitrogens with zero attached hydrogens (tertiary/aromatic N) is 2. The summed E-state index contributed by atoms with van der Waals surface area (Å²) >= 11 is 1.05. The SMILES string of the molecule is CC(=O)SCC(=O)c1ccc(C)cc1.Cc1ccc2nccnc2c1.[HH]. The molecule has 0 spiro atoms. The first-order valence-electron chi connectivity index (χ1n) is 7.86. The quantitative estimate of drug-likeness (QED) is 0.641. The van der Waals surface area contributed by atoms with E-state index in [-0.39, 0.29) is 18.1 Å². The molecule has 3 rings (SSSR count). The summed E-state index contributed by atoms with van der Waals surface area (Å²) in [4.78, 5) is 30.5. The van der Waals surface area contributed by atoms with E-state index in [0.29, 0.717) is 5.56 Å². The monoisotopic (exact) mass is 354 g/mol. The van der Waals surface area contributed by atoms with Crippen LogP contribution in [0.25, 0.3) is 11.0 Å². The second-order valence-electron chi connectivity index (χ2n) is 5.62. The van der Waals surface area contributed by atoms with E-state index in [0.717, 1.165) is 28.4 Å². The maximum atomic E-state index is 11.5. The van der Waals surface area contributed by atoms with Gasteiger partial charge in [-0.15, -0.1) is 0 Å². The number of carbonyl (C=O) groups is 2. The van der Waals surface area contributed by atoms with Crippen molar-refractivity contribution < 1.29 is 11.0 Å². The Hall–Kier alpha value is -2.53. The van der Waals surface area contributed by atoms with Crippen LogP contribution in [0.5, 0.6) is 0 Å². The molecule has 0 aliphatic heterocycles. The Bertz CT molecular complexity index is 882. The van der Waals surface area contributed by atoms with Crippen LogP contribution in [0, 0.1) is 13.8 Å². The molecule has 2 aromatic carbocycles. The molecule has 1 aromatic heterocycles. The Balaban J connectivity index is 0.000000256. The molecule has 1 heterocycles. The van der Waals surface area contributed by atoms with E-state index in [4.69, 9.17) is 0 Å². The summed E-state index contributed by atoms with van der Waals surface area (Å²) in [5, 5.41) is -0.0227. The molecule has 0 saturated carbocycles. The summed E-state index contributed by atoms with van der Waals surface area (Å²) in [5.41, 5.74) is 4.94. The molecule has 0 saturated heterocycles. The van der Waals surface area contributed by atoms with Crippen molar-refractivity contribution in [2.45, 2.75) is 20.8 Å². The second kappa shape index (κ2) is 9.08. The second-order valence-corrected chi connectivity index (χ2v) is 6.77. The summed E-state index contributed by atoms with van der Waals surface area (Å²) in [6, 6.07) is 13.4. The molecule has 0 unspecified atom stereocenters. The van der Waals surface area contributed by atoms with Crippen LogP contribution < -0.4 is 0 Å². The highest BCUT2D eigenvalue weighted by atomic mass is 32.2. The van der Waals surface area contributed by atoms with Gasteiger partial charge in [-0.25, -0.2) is 0 Å². The van der Waals surface area contributed by atoms with Crippen LogP contribution in [-0.4, -0.2) is 26.6 Å². The van der Waals surface area contributed by atoms with Gasteiger partial charge in [-0.2, -0.15) is 0 Å². The number of hydrogen-bond donors (Lipinski definition) is 0. The minimum atomic E-state index is -0.0227. The van der Waals surface area contributed by atoms with Crippen LogP contribution >= 0.6 is 11.8 Å². The lowest BCUT2D eigenvalue weighted by molar-refractivity contribution is -0.109. The number of aryl methyl sites for hydroxylation is 2. The van der Waals surface area contributed by atoms with Crippen molar-refractivity contribution >= 4 is 33.7 Å². The molecule has 0 fully saturated rings. The highest BCUT2D eigenvalue weighted by Gasteiger charge is 2.06. The zero-order valence-electron chi connectivity index (χ0n) is 14.5. The Morgan fingerprint density at radius 2 is 1.52 bits per heavy atom. The van der Waals surface area contributed by atoms with E-state index in [1.807, 2.05) is 44.2 Å². The van der Waals surface area contributed by atoms with Crippen molar-refractivity contribution in [1.29, 1.82) is 0 Å². The third-order valence-electron chi connectivity index (χ3n) is 3.40. The van der Waals surface area contributed by atoms with E-state index in [1.54, 1.807) is 24.5 Å². The number of hydrogen-bond acceptors (Lipinski definition) is 5. The molecular formula is C20H22N2O2S. The van der Waals surface area contributed by atoms with Crippen molar-refractivity contribution in [2.75, 3.05) is 5.75 Å². The lowest BCUT2D eigenvalue weighted by Crippen LogP contribution is -2.03. The number of ketones is 1. The van der Waals surface area contributed by atoms with Gasteiger partial charge < -0.3 is 0 Å². The molecule has 0 N–H and O–H groups in total. The predicted octanol–water partition coefficient (Wildman–Crippen LogP) is 4.64. The van der Waals surface area contributed by atoms with Gasteiger partial charge in [-0.1, -0.05) is 47.7 Å². The molecule has 0 aliphatic rings. The van der Waals surface area contributed by atoms with Crippen molar-refractivity contribution in [3.63, 3.8) is 0 Å². The van der Waals surface area contributed by atoms with Gasteiger partial charge in [0, 0.05) is 26.3 Å². The van der Waals surface area contributed by atoms with Crippen LogP contribution in [0.3, 0.4) is 0 Å². The molecule has 0 atom stereocenters. The van der Waals surface area contributed by atoms with Gasteiger partial charge in [-0.05, 0) is 31.5 Å². The Labute approximate surface area is 153 Å². The molecule has 25 heavy (non-hydrogen) atoms.